The predicted molar refractivity (Wildman–Crippen MR) is 67.1 cm³/mol. The van der Waals surface area contributed by atoms with E-state index < -0.39 is 0 Å². The first kappa shape index (κ1) is 12.5. The number of halogens is 1. The second-order valence-electron chi connectivity index (χ2n) is 5.52. The third kappa shape index (κ3) is 2.83. The third-order valence-electron chi connectivity index (χ3n) is 4.04. The normalized spacial score (nSPS) is 29.6. The Kier molecular flexibility index (Phi) is 3.77. The van der Waals surface area contributed by atoms with Crippen LogP contribution in [0.25, 0.3) is 0 Å². The lowest BCUT2D eigenvalue weighted by molar-refractivity contribution is 0.232. The zero-order valence-corrected chi connectivity index (χ0v) is 10.6. The number of nitrogens with zero attached hydrogens (tertiary/aromatic N) is 1. The lowest BCUT2D eigenvalue weighted by Gasteiger charge is -2.36. The van der Waals surface area contributed by atoms with E-state index in [1.54, 1.807) is 12.3 Å². The van der Waals surface area contributed by atoms with Crippen LogP contribution in [0.2, 0.25) is 0 Å². The highest BCUT2D eigenvalue weighted by Crippen LogP contribution is 2.38. The Morgan fingerprint density at radius 3 is 2.76 bits per heavy atom. The van der Waals surface area contributed by atoms with Crippen molar-refractivity contribution in [3.63, 3.8) is 0 Å². The third-order valence-corrected chi connectivity index (χ3v) is 4.04. The molecule has 94 valence electrons. The standard InChI is InChI=1S/C14H21FN2/c1-9(2)10-3-4-14(16)13(6-10)11-5-12(15)8-17-7-11/h5,7-10,13-14H,3-4,6,16H2,1-2H3. The van der Waals surface area contributed by atoms with Gasteiger partial charge in [-0.15, -0.1) is 0 Å². The zero-order valence-electron chi connectivity index (χ0n) is 10.6. The highest BCUT2D eigenvalue weighted by Gasteiger charge is 2.30. The summed E-state index contributed by atoms with van der Waals surface area (Å²) in [5, 5.41) is 0. The Morgan fingerprint density at radius 1 is 1.35 bits per heavy atom. The molecule has 0 aliphatic heterocycles. The number of nitrogens with two attached hydrogens (primary N) is 1. The van der Waals surface area contributed by atoms with E-state index in [0.717, 1.165) is 18.4 Å². The molecule has 0 saturated heterocycles. The van der Waals surface area contributed by atoms with Gasteiger partial charge in [0.1, 0.15) is 5.82 Å². The molecule has 1 aliphatic rings. The van der Waals surface area contributed by atoms with E-state index in [4.69, 9.17) is 5.73 Å². The van der Waals surface area contributed by atoms with Crippen molar-refractivity contribution in [1.29, 1.82) is 0 Å². The summed E-state index contributed by atoms with van der Waals surface area (Å²) in [6, 6.07) is 1.73. The summed E-state index contributed by atoms with van der Waals surface area (Å²) < 4.78 is 13.2. The second kappa shape index (κ2) is 5.13. The van der Waals surface area contributed by atoms with E-state index in [2.05, 4.69) is 18.8 Å². The van der Waals surface area contributed by atoms with Gasteiger partial charge in [0.15, 0.2) is 0 Å². The van der Waals surface area contributed by atoms with Crippen LogP contribution in [0.1, 0.15) is 44.6 Å². The van der Waals surface area contributed by atoms with E-state index in [9.17, 15) is 4.39 Å². The lowest BCUT2D eigenvalue weighted by Crippen LogP contribution is -2.36. The molecule has 1 heterocycles. The summed E-state index contributed by atoms with van der Waals surface area (Å²) in [6.07, 6.45) is 6.29. The van der Waals surface area contributed by atoms with Gasteiger partial charge >= 0.3 is 0 Å². The van der Waals surface area contributed by atoms with Gasteiger partial charge in [0.2, 0.25) is 0 Å². The Morgan fingerprint density at radius 2 is 2.12 bits per heavy atom. The Bertz CT molecular complexity index is 378. The van der Waals surface area contributed by atoms with Crippen LogP contribution in [0, 0.1) is 17.7 Å². The quantitative estimate of drug-likeness (QED) is 0.857. The highest BCUT2D eigenvalue weighted by atomic mass is 19.1. The molecule has 2 nitrogen and oxygen atoms in total. The molecule has 1 aromatic rings. The van der Waals surface area contributed by atoms with E-state index in [0.29, 0.717) is 11.8 Å². The summed E-state index contributed by atoms with van der Waals surface area (Å²) in [6.45, 7) is 4.50. The average molecular weight is 236 g/mol. The second-order valence-corrected chi connectivity index (χ2v) is 5.52. The molecule has 0 radical (unpaired) electrons. The average Bonchev–Trinajstić information content (AvgIpc) is 2.29. The van der Waals surface area contributed by atoms with Crippen molar-refractivity contribution in [2.75, 3.05) is 0 Å². The minimum absolute atomic E-state index is 0.147. The fourth-order valence-corrected chi connectivity index (χ4v) is 2.85. The van der Waals surface area contributed by atoms with Crippen LogP contribution in [0.5, 0.6) is 0 Å². The molecule has 17 heavy (non-hydrogen) atoms. The molecule has 0 bridgehead atoms. The smallest absolute Gasteiger partial charge is 0.141 e. The summed E-state index contributed by atoms with van der Waals surface area (Å²) in [5.41, 5.74) is 7.13. The van der Waals surface area contributed by atoms with E-state index in [1.165, 1.54) is 12.6 Å². The maximum atomic E-state index is 13.2. The van der Waals surface area contributed by atoms with Crippen LogP contribution < -0.4 is 5.73 Å². The maximum absolute atomic E-state index is 13.2. The van der Waals surface area contributed by atoms with E-state index in [1.807, 2.05) is 0 Å². The monoisotopic (exact) mass is 236 g/mol. The summed E-state index contributed by atoms with van der Waals surface area (Å²) in [7, 11) is 0. The van der Waals surface area contributed by atoms with Crippen LogP contribution in [-0.4, -0.2) is 11.0 Å². The molecule has 0 spiro atoms. The summed E-state index contributed by atoms with van der Waals surface area (Å²) in [5.74, 6) is 1.37. The van der Waals surface area contributed by atoms with Crippen LogP contribution in [0.15, 0.2) is 18.5 Å². The van der Waals surface area contributed by atoms with Crippen molar-refractivity contribution in [2.24, 2.45) is 17.6 Å². The highest BCUT2D eigenvalue weighted by molar-refractivity contribution is 5.19. The van der Waals surface area contributed by atoms with Crippen molar-refractivity contribution in [2.45, 2.75) is 45.1 Å². The number of hydrogen-bond acceptors (Lipinski definition) is 2. The molecule has 3 atom stereocenters. The topological polar surface area (TPSA) is 38.9 Å². The minimum atomic E-state index is -0.263. The van der Waals surface area contributed by atoms with Crippen molar-refractivity contribution < 1.29 is 4.39 Å². The molecule has 1 saturated carbocycles. The van der Waals surface area contributed by atoms with Crippen molar-refractivity contribution in [1.82, 2.24) is 4.98 Å². The predicted octanol–water partition coefficient (Wildman–Crippen LogP) is 3.09. The van der Waals surface area contributed by atoms with Gasteiger partial charge in [-0.1, -0.05) is 13.8 Å². The fraction of sp³-hybridized carbons (Fsp3) is 0.643. The number of aromatic nitrogens is 1. The van der Waals surface area contributed by atoms with Crippen molar-refractivity contribution >= 4 is 0 Å². The van der Waals surface area contributed by atoms with Gasteiger partial charge in [-0.3, -0.25) is 4.98 Å². The molecular weight excluding hydrogens is 215 g/mol. The molecule has 1 fully saturated rings. The van der Waals surface area contributed by atoms with Gasteiger partial charge in [0, 0.05) is 18.2 Å². The molecule has 3 unspecified atom stereocenters. The molecule has 1 aromatic heterocycles. The zero-order chi connectivity index (χ0) is 12.4. The largest absolute Gasteiger partial charge is 0.327 e. The Labute approximate surface area is 102 Å². The molecule has 1 aliphatic carbocycles. The maximum Gasteiger partial charge on any atom is 0.141 e. The van der Waals surface area contributed by atoms with Crippen LogP contribution in [-0.2, 0) is 0 Å². The van der Waals surface area contributed by atoms with Gasteiger partial charge in [0.25, 0.3) is 0 Å². The molecule has 3 heteroatoms. The number of hydrogen-bond donors (Lipinski definition) is 1. The summed E-state index contributed by atoms with van der Waals surface area (Å²) in [4.78, 5) is 3.93. The van der Waals surface area contributed by atoms with Crippen LogP contribution in [0.4, 0.5) is 4.39 Å². The first-order chi connectivity index (χ1) is 8.08. The Hall–Kier alpha value is -0.960. The lowest BCUT2D eigenvalue weighted by atomic mass is 9.72. The van der Waals surface area contributed by atoms with Crippen molar-refractivity contribution in [3.05, 3.63) is 29.8 Å². The molecular formula is C14H21FN2. The number of rotatable bonds is 2. The van der Waals surface area contributed by atoms with Gasteiger partial charge in [-0.2, -0.15) is 0 Å². The fourth-order valence-electron chi connectivity index (χ4n) is 2.85. The minimum Gasteiger partial charge on any atom is -0.327 e. The number of pyridine rings is 1. The van der Waals surface area contributed by atoms with Gasteiger partial charge in [-0.25, -0.2) is 4.39 Å². The van der Waals surface area contributed by atoms with E-state index >= 15 is 0 Å². The Balaban J connectivity index is 2.18. The first-order valence-corrected chi connectivity index (χ1v) is 6.44. The summed E-state index contributed by atoms with van der Waals surface area (Å²) >= 11 is 0. The van der Waals surface area contributed by atoms with Gasteiger partial charge in [0.05, 0.1) is 6.20 Å². The first-order valence-electron chi connectivity index (χ1n) is 6.44. The molecule has 0 amide bonds. The molecule has 2 N–H and O–H groups in total. The van der Waals surface area contributed by atoms with Crippen LogP contribution >= 0.6 is 0 Å². The SMILES string of the molecule is CC(C)C1CCC(N)C(c2cncc(F)c2)C1. The van der Waals surface area contributed by atoms with Gasteiger partial charge in [-0.05, 0) is 42.7 Å². The van der Waals surface area contributed by atoms with Crippen LogP contribution in [0.3, 0.4) is 0 Å². The molecule has 0 aromatic carbocycles. The van der Waals surface area contributed by atoms with Gasteiger partial charge < -0.3 is 5.73 Å². The van der Waals surface area contributed by atoms with Crippen molar-refractivity contribution in [3.8, 4) is 0 Å². The molecule has 2 rings (SSSR count). The van der Waals surface area contributed by atoms with E-state index in [-0.39, 0.29) is 17.8 Å².